The van der Waals surface area contributed by atoms with Crippen LogP contribution in [0.15, 0.2) is 24.3 Å². The molecule has 3 unspecified atom stereocenters. The number of nitrogens with one attached hydrogen (secondary N) is 1. The second-order valence-electron chi connectivity index (χ2n) is 5.27. The van der Waals surface area contributed by atoms with Gasteiger partial charge in [-0.05, 0) is 36.8 Å². The molecule has 1 aliphatic carbocycles. The van der Waals surface area contributed by atoms with Gasteiger partial charge in [0.2, 0.25) is 0 Å². The average Bonchev–Trinajstić information content (AvgIpc) is 2.71. The highest BCUT2D eigenvalue weighted by atomic mass is 32.1. The fraction of sp³-hybridized carbons (Fsp3) is 0.533. The van der Waals surface area contributed by atoms with E-state index in [-0.39, 0.29) is 0 Å². The Labute approximate surface area is 115 Å². The van der Waals surface area contributed by atoms with Crippen molar-refractivity contribution in [1.82, 2.24) is 0 Å². The van der Waals surface area contributed by atoms with Gasteiger partial charge in [0.1, 0.15) is 4.99 Å². The topological polar surface area (TPSA) is 38.0 Å². The number of rotatable bonds is 4. The van der Waals surface area contributed by atoms with Gasteiger partial charge in [-0.1, -0.05) is 44.6 Å². The summed E-state index contributed by atoms with van der Waals surface area (Å²) >= 11 is 5.10. The maximum Gasteiger partial charge on any atom is 0.106 e. The molecule has 98 valence electrons. The third-order valence-electron chi connectivity index (χ3n) is 4.28. The smallest absolute Gasteiger partial charge is 0.106 e. The van der Waals surface area contributed by atoms with Crippen LogP contribution in [0.25, 0.3) is 0 Å². The highest BCUT2D eigenvalue weighted by molar-refractivity contribution is 7.80. The van der Waals surface area contributed by atoms with Crippen molar-refractivity contribution in [2.45, 2.75) is 39.2 Å². The van der Waals surface area contributed by atoms with E-state index >= 15 is 0 Å². The van der Waals surface area contributed by atoms with E-state index in [9.17, 15) is 0 Å². The van der Waals surface area contributed by atoms with E-state index in [1.54, 1.807) is 0 Å². The number of hydrogen-bond donors (Lipinski definition) is 2. The van der Waals surface area contributed by atoms with Gasteiger partial charge in [-0.2, -0.15) is 0 Å². The summed E-state index contributed by atoms with van der Waals surface area (Å²) in [5, 5.41) is 3.64. The molecule has 0 bridgehead atoms. The SMILES string of the molecule is CCC1CCC(Nc2ccccc2C(N)=S)C1C. The van der Waals surface area contributed by atoms with Crippen LogP contribution in [-0.2, 0) is 0 Å². The molecule has 2 rings (SSSR count). The molecule has 0 amide bonds. The van der Waals surface area contributed by atoms with Gasteiger partial charge >= 0.3 is 0 Å². The van der Waals surface area contributed by atoms with Crippen LogP contribution in [0.3, 0.4) is 0 Å². The first-order valence-corrected chi connectivity index (χ1v) is 7.19. The van der Waals surface area contributed by atoms with Gasteiger partial charge in [-0.25, -0.2) is 0 Å². The molecule has 0 aromatic heterocycles. The van der Waals surface area contributed by atoms with Crippen molar-refractivity contribution in [3.8, 4) is 0 Å². The second kappa shape index (κ2) is 5.70. The number of nitrogens with two attached hydrogens (primary N) is 1. The van der Waals surface area contributed by atoms with Gasteiger partial charge in [0.15, 0.2) is 0 Å². The zero-order chi connectivity index (χ0) is 13.1. The lowest BCUT2D eigenvalue weighted by molar-refractivity contribution is 0.392. The van der Waals surface area contributed by atoms with Gasteiger partial charge < -0.3 is 11.1 Å². The van der Waals surface area contributed by atoms with Gasteiger partial charge in [-0.3, -0.25) is 0 Å². The monoisotopic (exact) mass is 262 g/mol. The fourth-order valence-electron chi connectivity index (χ4n) is 3.05. The Balaban J connectivity index is 2.13. The molecule has 3 heteroatoms. The highest BCUT2D eigenvalue weighted by Crippen LogP contribution is 2.36. The fourth-order valence-corrected chi connectivity index (χ4v) is 3.23. The summed E-state index contributed by atoms with van der Waals surface area (Å²) in [6, 6.07) is 8.61. The Hall–Kier alpha value is -1.09. The van der Waals surface area contributed by atoms with E-state index in [0.29, 0.717) is 11.0 Å². The molecule has 0 aliphatic heterocycles. The third-order valence-corrected chi connectivity index (χ3v) is 4.50. The molecule has 18 heavy (non-hydrogen) atoms. The average molecular weight is 262 g/mol. The number of benzene rings is 1. The molecule has 0 spiro atoms. The van der Waals surface area contributed by atoms with E-state index in [0.717, 1.165) is 23.1 Å². The molecule has 1 saturated carbocycles. The van der Waals surface area contributed by atoms with Gasteiger partial charge in [0.25, 0.3) is 0 Å². The van der Waals surface area contributed by atoms with E-state index < -0.39 is 0 Å². The number of anilines is 1. The first-order chi connectivity index (χ1) is 8.63. The van der Waals surface area contributed by atoms with Crippen molar-refractivity contribution >= 4 is 22.9 Å². The maximum absolute atomic E-state index is 5.77. The van der Waals surface area contributed by atoms with E-state index in [2.05, 4.69) is 25.2 Å². The zero-order valence-corrected chi connectivity index (χ0v) is 12.0. The van der Waals surface area contributed by atoms with Crippen LogP contribution >= 0.6 is 12.2 Å². The molecule has 3 atom stereocenters. The molecular formula is C15H22N2S. The van der Waals surface area contributed by atoms with Gasteiger partial charge in [0, 0.05) is 17.3 Å². The summed E-state index contributed by atoms with van der Waals surface area (Å²) in [5.74, 6) is 1.56. The lowest BCUT2D eigenvalue weighted by atomic mass is 9.93. The first-order valence-electron chi connectivity index (χ1n) is 6.78. The molecular weight excluding hydrogens is 240 g/mol. The minimum absolute atomic E-state index is 0.468. The number of para-hydroxylation sites is 1. The predicted molar refractivity (Wildman–Crippen MR) is 81.9 cm³/mol. The van der Waals surface area contributed by atoms with Gasteiger partial charge in [0.05, 0.1) is 0 Å². The van der Waals surface area contributed by atoms with E-state index in [1.807, 2.05) is 18.2 Å². The third kappa shape index (κ3) is 2.66. The Morgan fingerprint density at radius 1 is 1.39 bits per heavy atom. The Morgan fingerprint density at radius 2 is 2.11 bits per heavy atom. The summed E-state index contributed by atoms with van der Waals surface area (Å²) in [6.07, 6.45) is 3.84. The lowest BCUT2D eigenvalue weighted by Gasteiger charge is -2.23. The normalized spacial score (nSPS) is 27.1. The minimum atomic E-state index is 0.468. The number of thiocarbonyl (C=S) groups is 1. The molecule has 0 heterocycles. The van der Waals surface area contributed by atoms with E-state index in [4.69, 9.17) is 18.0 Å². The molecule has 1 aromatic carbocycles. The molecule has 2 nitrogen and oxygen atoms in total. The summed E-state index contributed by atoms with van der Waals surface area (Å²) in [7, 11) is 0. The summed E-state index contributed by atoms with van der Waals surface area (Å²) in [5.41, 5.74) is 7.81. The van der Waals surface area contributed by atoms with Crippen LogP contribution in [-0.4, -0.2) is 11.0 Å². The van der Waals surface area contributed by atoms with Crippen LogP contribution in [0.4, 0.5) is 5.69 Å². The predicted octanol–water partition coefficient (Wildman–Crippen LogP) is 3.56. The minimum Gasteiger partial charge on any atom is -0.389 e. The molecule has 0 radical (unpaired) electrons. The van der Waals surface area contributed by atoms with Crippen molar-refractivity contribution in [3.05, 3.63) is 29.8 Å². The summed E-state index contributed by atoms with van der Waals surface area (Å²) in [6.45, 7) is 4.63. The molecule has 1 fully saturated rings. The lowest BCUT2D eigenvalue weighted by Crippen LogP contribution is -2.26. The van der Waals surface area contributed by atoms with Crippen molar-refractivity contribution < 1.29 is 0 Å². The number of hydrogen-bond acceptors (Lipinski definition) is 2. The van der Waals surface area contributed by atoms with E-state index in [1.165, 1.54) is 19.3 Å². The standard InChI is InChI=1S/C15H22N2S/c1-3-11-8-9-13(10(11)2)17-14-7-5-4-6-12(14)15(16)18/h4-7,10-11,13,17H,3,8-9H2,1-2H3,(H2,16,18). The van der Waals surface area contributed by atoms with Crippen molar-refractivity contribution in [1.29, 1.82) is 0 Å². The van der Waals surface area contributed by atoms with Crippen LogP contribution in [0.1, 0.15) is 38.7 Å². The quantitative estimate of drug-likeness (QED) is 0.815. The Morgan fingerprint density at radius 3 is 2.72 bits per heavy atom. The molecule has 0 saturated heterocycles. The Kier molecular flexibility index (Phi) is 4.23. The maximum atomic E-state index is 5.77. The molecule has 1 aromatic rings. The molecule has 1 aliphatic rings. The van der Waals surface area contributed by atoms with Crippen LogP contribution in [0.5, 0.6) is 0 Å². The van der Waals surface area contributed by atoms with Crippen LogP contribution < -0.4 is 11.1 Å². The van der Waals surface area contributed by atoms with Gasteiger partial charge in [-0.15, -0.1) is 0 Å². The summed E-state index contributed by atoms with van der Waals surface area (Å²) < 4.78 is 0. The first kappa shape index (κ1) is 13.3. The van der Waals surface area contributed by atoms with Crippen molar-refractivity contribution in [2.24, 2.45) is 17.6 Å². The second-order valence-corrected chi connectivity index (χ2v) is 5.71. The summed E-state index contributed by atoms with van der Waals surface area (Å²) in [4.78, 5) is 0.468. The van der Waals surface area contributed by atoms with Crippen LogP contribution in [0.2, 0.25) is 0 Å². The Bertz CT molecular complexity index is 430. The van der Waals surface area contributed by atoms with Crippen LogP contribution in [0, 0.1) is 11.8 Å². The van der Waals surface area contributed by atoms with Crippen molar-refractivity contribution in [2.75, 3.05) is 5.32 Å². The highest BCUT2D eigenvalue weighted by Gasteiger charge is 2.31. The largest absolute Gasteiger partial charge is 0.389 e. The molecule has 3 N–H and O–H groups in total. The zero-order valence-electron chi connectivity index (χ0n) is 11.1. The van der Waals surface area contributed by atoms with Crippen molar-refractivity contribution in [3.63, 3.8) is 0 Å².